The predicted octanol–water partition coefficient (Wildman–Crippen LogP) is 1.57. The molecule has 0 fully saturated rings. The van der Waals surface area contributed by atoms with Crippen molar-refractivity contribution in [2.75, 3.05) is 24.3 Å². The van der Waals surface area contributed by atoms with Crippen LogP contribution in [0.4, 0.5) is 16.3 Å². The van der Waals surface area contributed by atoms with Crippen LogP contribution in [0.1, 0.15) is 15.9 Å². The highest BCUT2D eigenvalue weighted by molar-refractivity contribution is 6.03. The van der Waals surface area contributed by atoms with Gasteiger partial charge in [-0.1, -0.05) is 6.07 Å². The number of carbonyl (C=O) groups excluding carboxylic acids is 1. The molecule has 1 aromatic carbocycles. The zero-order chi connectivity index (χ0) is 14.0. The van der Waals surface area contributed by atoms with Gasteiger partial charge in [-0.05, 0) is 24.6 Å². The number of hydrogen-bond acceptors (Lipinski definition) is 4. The number of nitrogens with one attached hydrogen (secondary N) is 2. The SMILES string of the molecule is Cc1ccc(C(=O)Nc2nc(N(C)C)n[nH]2)cc1F. The second-order valence-corrected chi connectivity index (χ2v) is 4.30. The minimum absolute atomic E-state index is 0.217. The molecule has 0 aliphatic rings. The fourth-order valence-electron chi connectivity index (χ4n) is 1.42. The third-order valence-electron chi connectivity index (χ3n) is 2.54. The summed E-state index contributed by atoms with van der Waals surface area (Å²) >= 11 is 0. The molecule has 0 bridgehead atoms. The summed E-state index contributed by atoms with van der Waals surface area (Å²) in [5, 5.41) is 9.00. The van der Waals surface area contributed by atoms with Crippen molar-refractivity contribution in [2.24, 2.45) is 0 Å². The van der Waals surface area contributed by atoms with Gasteiger partial charge in [-0.2, -0.15) is 4.98 Å². The van der Waals surface area contributed by atoms with Gasteiger partial charge in [0.2, 0.25) is 11.9 Å². The minimum Gasteiger partial charge on any atom is -0.346 e. The van der Waals surface area contributed by atoms with Crippen molar-refractivity contribution in [1.82, 2.24) is 15.2 Å². The third kappa shape index (κ3) is 2.87. The van der Waals surface area contributed by atoms with Gasteiger partial charge in [-0.15, -0.1) is 5.10 Å². The van der Waals surface area contributed by atoms with Crippen molar-refractivity contribution in [3.63, 3.8) is 0 Å². The lowest BCUT2D eigenvalue weighted by molar-refractivity contribution is 0.102. The number of anilines is 2. The number of nitrogens with zero attached hydrogens (tertiary/aromatic N) is 3. The number of amides is 1. The molecule has 1 heterocycles. The second kappa shape index (κ2) is 5.05. The summed E-state index contributed by atoms with van der Waals surface area (Å²) in [7, 11) is 3.56. The number of hydrogen-bond donors (Lipinski definition) is 2. The number of halogens is 1. The molecule has 0 radical (unpaired) electrons. The van der Waals surface area contributed by atoms with Crippen LogP contribution in [0.15, 0.2) is 18.2 Å². The normalized spacial score (nSPS) is 10.3. The number of benzene rings is 1. The summed E-state index contributed by atoms with van der Waals surface area (Å²) in [4.78, 5) is 17.6. The van der Waals surface area contributed by atoms with Crippen LogP contribution in [0.3, 0.4) is 0 Å². The molecule has 0 aliphatic heterocycles. The van der Waals surface area contributed by atoms with Crippen LogP contribution < -0.4 is 10.2 Å². The maximum Gasteiger partial charge on any atom is 0.258 e. The Bertz CT molecular complexity index is 608. The van der Waals surface area contributed by atoms with Gasteiger partial charge in [0.1, 0.15) is 5.82 Å². The first-order chi connectivity index (χ1) is 8.97. The standard InChI is InChI=1S/C12H14FN5O/c1-7-4-5-8(6-9(7)13)10(19)14-11-15-12(17-16-11)18(2)3/h4-6H,1-3H3,(H2,14,15,16,17,19). The Balaban J connectivity index is 2.13. The largest absolute Gasteiger partial charge is 0.346 e. The van der Waals surface area contributed by atoms with Crippen LogP contribution in [0.25, 0.3) is 0 Å². The number of carbonyl (C=O) groups is 1. The zero-order valence-electron chi connectivity index (χ0n) is 10.9. The number of aromatic amines is 1. The summed E-state index contributed by atoms with van der Waals surface area (Å²) in [6.45, 7) is 1.64. The maximum atomic E-state index is 13.4. The lowest BCUT2D eigenvalue weighted by atomic mass is 10.1. The fourth-order valence-corrected chi connectivity index (χ4v) is 1.42. The van der Waals surface area contributed by atoms with Crippen molar-refractivity contribution in [1.29, 1.82) is 0 Å². The molecule has 0 saturated carbocycles. The third-order valence-corrected chi connectivity index (χ3v) is 2.54. The van der Waals surface area contributed by atoms with Crippen molar-refractivity contribution in [2.45, 2.75) is 6.92 Å². The average molecular weight is 263 g/mol. The molecule has 0 aliphatic carbocycles. The van der Waals surface area contributed by atoms with Gasteiger partial charge in [0.05, 0.1) is 0 Å². The molecule has 6 nitrogen and oxygen atoms in total. The Morgan fingerprint density at radius 1 is 1.42 bits per heavy atom. The molecule has 0 saturated heterocycles. The van der Waals surface area contributed by atoms with Gasteiger partial charge in [0, 0.05) is 19.7 Å². The van der Waals surface area contributed by atoms with E-state index in [1.54, 1.807) is 38.1 Å². The van der Waals surface area contributed by atoms with Crippen molar-refractivity contribution >= 4 is 17.8 Å². The fraction of sp³-hybridized carbons (Fsp3) is 0.250. The molecular formula is C12H14FN5O. The zero-order valence-corrected chi connectivity index (χ0v) is 10.9. The van der Waals surface area contributed by atoms with E-state index in [-0.39, 0.29) is 11.5 Å². The monoisotopic (exact) mass is 263 g/mol. The van der Waals surface area contributed by atoms with E-state index in [4.69, 9.17) is 0 Å². The van der Waals surface area contributed by atoms with Gasteiger partial charge in [-0.25, -0.2) is 9.49 Å². The van der Waals surface area contributed by atoms with Crippen LogP contribution in [-0.4, -0.2) is 35.2 Å². The van der Waals surface area contributed by atoms with E-state index < -0.39 is 11.7 Å². The molecule has 2 rings (SSSR count). The summed E-state index contributed by atoms with van der Waals surface area (Å²) in [6.07, 6.45) is 0. The molecule has 0 unspecified atom stereocenters. The lowest BCUT2D eigenvalue weighted by Crippen LogP contribution is -2.14. The molecule has 2 aromatic rings. The van der Waals surface area contributed by atoms with Crippen LogP contribution in [0, 0.1) is 12.7 Å². The summed E-state index contributed by atoms with van der Waals surface area (Å²) in [5.74, 6) is -0.195. The molecule has 0 spiro atoms. The van der Waals surface area contributed by atoms with Gasteiger partial charge in [-0.3, -0.25) is 10.1 Å². The second-order valence-electron chi connectivity index (χ2n) is 4.30. The smallest absolute Gasteiger partial charge is 0.258 e. The highest BCUT2D eigenvalue weighted by Crippen LogP contribution is 2.11. The van der Waals surface area contributed by atoms with Crippen molar-refractivity contribution in [3.05, 3.63) is 35.1 Å². The maximum absolute atomic E-state index is 13.4. The number of H-pyrrole nitrogens is 1. The van der Waals surface area contributed by atoms with E-state index in [1.807, 2.05) is 0 Å². The van der Waals surface area contributed by atoms with Crippen LogP contribution in [-0.2, 0) is 0 Å². The van der Waals surface area contributed by atoms with Crippen LogP contribution in [0.2, 0.25) is 0 Å². The molecule has 100 valence electrons. The predicted molar refractivity (Wildman–Crippen MR) is 69.8 cm³/mol. The topological polar surface area (TPSA) is 73.9 Å². The Morgan fingerprint density at radius 3 is 2.74 bits per heavy atom. The Labute approximate surface area is 109 Å². The minimum atomic E-state index is -0.444. The number of rotatable bonds is 3. The number of aryl methyl sites for hydroxylation is 1. The molecule has 19 heavy (non-hydrogen) atoms. The summed E-state index contributed by atoms with van der Waals surface area (Å²) < 4.78 is 13.4. The van der Waals surface area contributed by atoms with Gasteiger partial charge < -0.3 is 4.90 Å². The molecule has 0 atom stereocenters. The number of aromatic nitrogens is 3. The van der Waals surface area contributed by atoms with E-state index >= 15 is 0 Å². The van der Waals surface area contributed by atoms with Crippen LogP contribution in [0.5, 0.6) is 0 Å². The van der Waals surface area contributed by atoms with E-state index in [9.17, 15) is 9.18 Å². The first kappa shape index (κ1) is 13.0. The Kier molecular flexibility index (Phi) is 3.46. The lowest BCUT2D eigenvalue weighted by Gasteiger charge is -2.04. The van der Waals surface area contributed by atoms with E-state index in [0.29, 0.717) is 11.5 Å². The molecule has 1 aromatic heterocycles. The Hall–Kier alpha value is -2.44. The highest BCUT2D eigenvalue weighted by Gasteiger charge is 2.11. The first-order valence-corrected chi connectivity index (χ1v) is 5.64. The summed E-state index contributed by atoms with van der Waals surface area (Å²) in [6, 6.07) is 4.29. The van der Waals surface area contributed by atoms with E-state index in [1.165, 1.54) is 6.07 Å². The quantitative estimate of drug-likeness (QED) is 0.881. The Morgan fingerprint density at radius 2 is 2.16 bits per heavy atom. The molecule has 2 N–H and O–H groups in total. The van der Waals surface area contributed by atoms with Gasteiger partial charge in [0.15, 0.2) is 0 Å². The van der Waals surface area contributed by atoms with Crippen LogP contribution >= 0.6 is 0 Å². The van der Waals surface area contributed by atoms with Gasteiger partial charge in [0.25, 0.3) is 5.91 Å². The van der Waals surface area contributed by atoms with E-state index in [0.717, 1.165) is 0 Å². The average Bonchev–Trinajstić information content (AvgIpc) is 2.81. The van der Waals surface area contributed by atoms with Crippen molar-refractivity contribution in [3.8, 4) is 0 Å². The first-order valence-electron chi connectivity index (χ1n) is 5.64. The molecule has 7 heteroatoms. The summed E-state index contributed by atoms with van der Waals surface area (Å²) in [5.41, 5.74) is 0.719. The highest BCUT2D eigenvalue weighted by atomic mass is 19.1. The van der Waals surface area contributed by atoms with Crippen molar-refractivity contribution < 1.29 is 9.18 Å². The molecule has 1 amide bonds. The molecular weight excluding hydrogens is 249 g/mol. The van der Waals surface area contributed by atoms with Gasteiger partial charge >= 0.3 is 0 Å². The van der Waals surface area contributed by atoms with E-state index in [2.05, 4.69) is 20.5 Å².